The number of anilines is 1. The lowest BCUT2D eigenvalue weighted by atomic mass is 10.2. The van der Waals surface area contributed by atoms with Crippen molar-refractivity contribution in [2.45, 2.75) is 20.1 Å². The fourth-order valence-corrected chi connectivity index (χ4v) is 1.59. The Bertz CT molecular complexity index is 514. The average Bonchev–Trinajstić information content (AvgIpc) is 2.47. The van der Waals surface area contributed by atoms with E-state index in [1.807, 2.05) is 25.1 Å². The smallest absolute Gasteiger partial charge is 0.144 e. The van der Waals surface area contributed by atoms with Crippen LogP contribution in [-0.4, -0.2) is 21.6 Å². The molecule has 0 amide bonds. The Balaban J connectivity index is 1.94. The Morgan fingerprint density at radius 2 is 2.16 bits per heavy atom. The number of hydrogen-bond donors (Lipinski definition) is 2. The van der Waals surface area contributed by atoms with Crippen molar-refractivity contribution in [3.05, 3.63) is 47.9 Å². The minimum atomic E-state index is 0.00832. The van der Waals surface area contributed by atoms with Gasteiger partial charge in [0, 0.05) is 6.54 Å². The van der Waals surface area contributed by atoms with Gasteiger partial charge in [-0.05, 0) is 24.6 Å². The molecule has 1 aromatic carbocycles. The van der Waals surface area contributed by atoms with Crippen molar-refractivity contribution in [1.29, 1.82) is 0 Å². The molecule has 2 aromatic rings. The molecule has 0 aliphatic rings. The van der Waals surface area contributed by atoms with Gasteiger partial charge >= 0.3 is 0 Å². The van der Waals surface area contributed by atoms with E-state index in [0.717, 1.165) is 23.6 Å². The molecule has 0 fully saturated rings. The fraction of sp³-hybridized carbons (Fsp3) is 0.286. The zero-order valence-corrected chi connectivity index (χ0v) is 10.8. The lowest BCUT2D eigenvalue weighted by Gasteiger charge is -2.07. The summed E-state index contributed by atoms with van der Waals surface area (Å²) in [6.07, 6.45) is 3.38. The quantitative estimate of drug-likeness (QED) is 0.830. The van der Waals surface area contributed by atoms with E-state index in [4.69, 9.17) is 9.84 Å². The van der Waals surface area contributed by atoms with Gasteiger partial charge in [0.1, 0.15) is 18.2 Å². The summed E-state index contributed by atoms with van der Waals surface area (Å²) in [6.45, 7) is 3.19. The van der Waals surface area contributed by atoms with Gasteiger partial charge < -0.3 is 15.2 Å². The maximum absolute atomic E-state index is 9.04. The van der Waals surface area contributed by atoms with Crippen molar-refractivity contribution < 1.29 is 9.84 Å². The number of ether oxygens (including phenoxy) is 1. The van der Waals surface area contributed by atoms with Crippen LogP contribution in [-0.2, 0) is 13.2 Å². The summed E-state index contributed by atoms with van der Waals surface area (Å²) in [5, 5.41) is 12.1. The third-order valence-electron chi connectivity index (χ3n) is 2.53. The standard InChI is InChI=1S/C14H17N3O2/c1-2-15-14-8-16-12(7-17-14)10-19-13-5-3-4-11(6-13)9-18/h3-8,18H,2,9-10H2,1H3,(H,15,17). The first-order valence-electron chi connectivity index (χ1n) is 6.19. The molecule has 0 unspecified atom stereocenters. The van der Waals surface area contributed by atoms with Crippen LogP contribution in [0.4, 0.5) is 5.82 Å². The van der Waals surface area contributed by atoms with Crippen molar-refractivity contribution in [3.63, 3.8) is 0 Å². The highest BCUT2D eigenvalue weighted by Crippen LogP contribution is 2.14. The van der Waals surface area contributed by atoms with Crippen LogP contribution in [0.5, 0.6) is 5.75 Å². The van der Waals surface area contributed by atoms with Crippen LogP contribution >= 0.6 is 0 Å². The number of aromatic nitrogens is 2. The molecule has 2 N–H and O–H groups in total. The third-order valence-corrected chi connectivity index (χ3v) is 2.53. The van der Waals surface area contributed by atoms with E-state index >= 15 is 0 Å². The summed E-state index contributed by atoms with van der Waals surface area (Å²) in [5.74, 6) is 1.47. The molecule has 0 aliphatic carbocycles. The number of hydrogen-bond acceptors (Lipinski definition) is 5. The highest BCUT2D eigenvalue weighted by molar-refractivity contribution is 5.31. The van der Waals surface area contributed by atoms with Crippen molar-refractivity contribution in [2.75, 3.05) is 11.9 Å². The second kappa shape index (κ2) is 6.70. The largest absolute Gasteiger partial charge is 0.487 e. The molecule has 0 aliphatic heterocycles. The van der Waals surface area contributed by atoms with Crippen LogP contribution < -0.4 is 10.1 Å². The van der Waals surface area contributed by atoms with Crippen LogP contribution in [0, 0.1) is 0 Å². The molecule has 100 valence electrons. The van der Waals surface area contributed by atoms with E-state index in [0.29, 0.717) is 12.4 Å². The second-order valence-corrected chi connectivity index (χ2v) is 4.02. The van der Waals surface area contributed by atoms with E-state index in [1.54, 1.807) is 18.5 Å². The average molecular weight is 259 g/mol. The van der Waals surface area contributed by atoms with Gasteiger partial charge in [0.15, 0.2) is 0 Å². The van der Waals surface area contributed by atoms with Crippen molar-refractivity contribution in [3.8, 4) is 5.75 Å². The van der Waals surface area contributed by atoms with Gasteiger partial charge in [0.25, 0.3) is 0 Å². The van der Waals surface area contributed by atoms with Gasteiger partial charge in [-0.3, -0.25) is 4.98 Å². The molecule has 0 radical (unpaired) electrons. The van der Waals surface area contributed by atoms with Crippen molar-refractivity contribution in [2.24, 2.45) is 0 Å². The zero-order chi connectivity index (χ0) is 13.5. The van der Waals surface area contributed by atoms with Gasteiger partial charge in [0.05, 0.1) is 24.7 Å². The summed E-state index contributed by atoms with van der Waals surface area (Å²) in [7, 11) is 0. The van der Waals surface area contributed by atoms with Gasteiger partial charge in [-0.2, -0.15) is 0 Å². The number of benzene rings is 1. The Morgan fingerprint density at radius 3 is 2.84 bits per heavy atom. The van der Waals surface area contributed by atoms with E-state index in [9.17, 15) is 0 Å². The van der Waals surface area contributed by atoms with Gasteiger partial charge in [-0.25, -0.2) is 4.98 Å². The molecule has 1 aromatic heterocycles. The van der Waals surface area contributed by atoms with E-state index in [-0.39, 0.29) is 6.61 Å². The first kappa shape index (κ1) is 13.3. The number of aliphatic hydroxyl groups is 1. The highest BCUT2D eigenvalue weighted by atomic mass is 16.5. The summed E-state index contributed by atoms with van der Waals surface area (Å²) >= 11 is 0. The number of nitrogens with zero attached hydrogens (tertiary/aromatic N) is 2. The molecule has 0 atom stereocenters. The lowest BCUT2D eigenvalue weighted by Crippen LogP contribution is -2.03. The first-order valence-corrected chi connectivity index (χ1v) is 6.19. The third kappa shape index (κ3) is 3.93. The molecule has 0 spiro atoms. The predicted molar refractivity (Wildman–Crippen MR) is 72.9 cm³/mol. The van der Waals surface area contributed by atoms with Crippen LogP contribution in [0.1, 0.15) is 18.2 Å². The van der Waals surface area contributed by atoms with E-state index in [2.05, 4.69) is 15.3 Å². The molecule has 1 heterocycles. The van der Waals surface area contributed by atoms with Crippen LogP contribution in [0.2, 0.25) is 0 Å². The van der Waals surface area contributed by atoms with Crippen molar-refractivity contribution >= 4 is 5.82 Å². The monoisotopic (exact) mass is 259 g/mol. The molecule has 0 saturated heterocycles. The first-order chi connectivity index (χ1) is 9.31. The number of rotatable bonds is 6. The minimum absolute atomic E-state index is 0.00832. The Labute approximate surface area is 112 Å². The molecule has 0 bridgehead atoms. The molecule has 5 nitrogen and oxygen atoms in total. The maximum Gasteiger partial charge on any atom is 0.144 e. The summed E-state index contributed by atoms with van der Waals surface area (Å²) in [6, 6.07) is 7.35. The molecule has 0 saturated carbocycles. The number of nitrogens with one attached hydrogen (secondary N) is 1. The van der Waals surface area contributed by atoms with Gasteiger partial charge in [-0.1, -0.05) is 12.1 Å². The zero-order valence-electron chi connectivity index (χ0n) is 10.8. The Kier molecular flexibility index (Phi) is 4.69. The maximum atomic E-state index is 9.04. The number of aliphatic hydroxyl groups excluding tert-OH is 1. The molecule has 19 heavy (non-hydrogen) atoms. The van der Waals surface area contributed by atoms with Crippen molar-refractivity contribution in [1.82, 2.24) is 9.97 Å². The molecule has 2 rings (SSSR count). The summed E-state index contributed by atoms with van der Waals surface area (Å²) < 4.78 is 5.60. The fourth-order valence-electron chi connectivity index (χ4n) is 1.59. The Morgan fingerprint density at radius 1 is 1.26 bits per heavy atom. The summed E-state index contributed by atoms with van der Waals surface area (Å²) in [5.41, 5.74) is 1.59. The van der Waals surface area contributed by atoms with Crippen LogP contribution in [0.25, 0.3) is 0 Å². The van der Waals surface area contributed by atoms with E-state index in [1.165, 1.54) is 0 Å². The topological polar surface area (TPSA) is 67.3 Å². The minimum Gasteiger partial charge on any atom is -0.487 e. The lowest BCUT2D eigenvalue weighted by molar-refractivity contribution is 0.277. The highest BCUT2D eigenvalue weighted by Gasteiger charge is 2.00. The van der Waals surface area contributed by atoms with Gasteiger partial charge in [0.2, 0.25) is 0 Å². The molecular formula is C14H17N3O2. The SMILES string of the molecule is CCNc1cnc(COc2cccc(CO)c2)cn1. The van der Waals surface area contributed by atoms with Gasteiger partial charge in [-0.15, -0.1) is 0 Å². The van der Waals surface area contributed by atoms with Crippen LogP contribution in [0.3, 0.4) is 0 Å². The molecule has 5 heteroatoms. The second-order valence-electron chi connectivity index (χ2n) is 4.02. The van der Waals surface area contributed by atoms with E-state index < -0.39 is 0 Å². The Hall–Kier alpha value is -2.14. The normalized spacial score (nSPS) is 10.2. The molecular weight excluding hydrogens is 242 g/mol. The summed E-state index contributed by atoms with van der Waals surface area (Å²) in [4.78, 5) is 8.48. The van der Waals surface area contributed by atoms with Crippen LogP contribution in [0.15, 0.2) is 36.7 Å². The predicted octanol–water partition coefficient (Wildman–Crippen LogP) is 1.98.